The fourth-order valence-corrected chi connectivity index (χ4v) is 3.12. The highest BCUT2D eigenvalue weighted by Crippen LogP contribution is 2.75. The minimum Gasteiger partial charge on any atom is -0.368 e. The molecule has 0 aromatic heterocycles. The third kappa shape index (κ3) is 0.665. The van der Waals surface area contributed by atoms with Gasteiger partial charge in [0.2, 0.25) is 5.91 Å². The van der Waals surface area contributed by atoms with E-state index in [0.717, 1.165) is 25.7 Å². The summed E-state index contributed by atoms with van der Waals surface area (Å²) in [6.07, 6.45) is 3.58. The predicted molar refractivity (Wildman–Crippen MR) is 47.2 cm³/mol. The van der Waals surface area contributed by atoms with Gasteiger partial charge in [-0.2, -0.15) is 10.5 Å². The Kier molecular flexibility index (Phi) is 1.60. The number of rotatable bonds is 1. The molecule has 0 saturated heterocycles. The number of nitrogens with two attached hydrogens (primary N) is 1. The monoisotopic (exact) mass is 189 g/mol. The molecule has 0 heterocycles. The van der Waals surface area contributed by atoms with Crippen molar-refractivity contribution in [2.24, 2.45) is 22.5 Å². The van der Waals surface area contributed by atoms with Crippen LogP contribution in [0.5, 0.6) is 0 Å². The minimum atomic E-state index is -1.18. The average Bonchev–Trinajstić information content (AvgIpc) is 2.46. The van der Waals surface area contributed by atoms with Crippen molar-refractivity contribution in [2.75, 3.05) is 0 Å². The van der Waals surface area contributed by atoms with E-state index < -0.39 is 22.7 Å². The first-order chi connectivity index (χ1) is 6.65. The zero-order valence-corrected chi connectivity index (χ0v) is 7.79. The van der Waals surface area contributed by atoms with E-state index in [-0.39, 0.29) is 0 Å². The minimum absolute atomic E-state index is 0.400. The maximum absolute atomic E-state index is 11.3. The van der Waals surface area contributed by atoms with Crippen molar-refractivity contribution < 1.29 is 4.79 Å². The maximum atomic E-state index is 11.3. The topological polar surface area (TPSA) is 90.7 Å². The highest BCUT2D eigenvalue weighted by molar-refractivity contribution is 5.90. The molecule has 0 radical (unpaired) electrons. The molecule has 0 aliphatic heterocycles. The summed E-state index contributed by atoms with van der Waals surface area (Å²) in [5.41, 5.74) is 3.67. The first kappa shape index (κ1) is 9.02. The van der Waals surface area contributed by atoms with E-state index in [4.69, 9.17) is 16.3 Å². The Morgan fingerprint density at radius 1 is 1.36 bits per heavy atom. The van der Waals surface area contributed by atoms with E-state index in [2.05, 4.69) is 6.07 Å². The zero-order chi connectivity index (χ0) is 10.4. The van der Waals surface area contributed by atoms with Crippen molar-refractivity contribution in [3.63, 3.8) is 0 Å². The lowest BCUT2D eigenvalue weighted by atomic mass is 9.92. The number of primary amides is 1. The van der Waals surface area contributed by atoms with E-state index in [1.54, 1.807) is 0 Å². The molecule has 2 aliphatic rings. The first-order valence-corrected chi connectivity index (χ1v) is 4.76. The number of carbonyl (C=O) groups is 1. The lowest BCUT2D eigenvalue weighted by Crippen LogP contribution is -2.28. The Balaban J connectivity index is 2.44. The van der Waals surface area contributed by atoms with Gasteiger partial charge in [-0.1, -0.05) is 12.8 Å². The van der Waals surface area contributed by atoms with Gasteiger partial charge in [0.05, 0.1) is 18.1 Å². The third-order valence-corrected chi connectivity index (χ3v) is 3.88. The summed E-state index contributed by atoms with van der Waals surface area (Å²) in [7, 11) is 0. The number of carbonyl (C=O) groups excluding carboxylic acids is 1. The van der Waals surface area contributed by atoms with Gasteiger partial charge < -0.3 is 5.73 Å². The molecule has 14 heavy (non-hydrogen) atoms. The van der Waals surface area contributed by atoms with Crippen LogP contribution in [0.1, 0.15) is 25.7 Å². The first-order valence-electron chi connectivity index (χ1n) is 4.76. The lowest BCUT2D eigenvalue weighted by Gasteiger charge is -2.09. The predicted octanol–water partition coefficient (Wildman–Crippen LogP) is 0.695. The van der Waals surface area contributed by atoms with Crippen LogP contribution in [0.4, 0.5) is 0 Å². The van der Waals surface area contributed by atoms with Crippen molar-refractivity contribution in [2.45, 2.75) is 25.7 Å². The van der Waals surface area contributed by atoms with Crippen LogP contribution in [-0.4, -0.2) is 5.91 Å². The van der Waals surface area contributed by atoms with E-state index in [0.29, 0.717) is 0 Å². The highest BCUT2D eigenvalue weighted by atomic mass is 16.1. The van der Waals surface area contributed by atoms with Crippen LogP contribution in [0.15, 0.2) is 0 Å². The molecule has 0 aromatic carbocycles. The molecule has 2 aliphatic carbocycles. The Morgan fingerprint density at radius 3 is 2.21 bits per heavy atom. The van der Waals surface area contributed by atoms with Gasteiger partial charge >= 0.3 is 0 Å². The van der Waals surface area contributed by atoms with Gasteiger partial charge in [-0.3, -0.25) is 4.79 Å². The molecular weight excluding hydrogens is 178 g/mol. The van der Waals surface area contributed by atoms with E-state index in [1.807, 2.05) is 6.07 Å². The van der Waals surface area contributed by atoms with Crippen molar-refractivity contribution >= 4 is 5.91 Å². The lowest BCUT2D eigenvalue weighted by molar-refractivity contribution is -0.122. The van der Waals surface area contributed by atoms with Gasteiger partial charge in [-0.15, -0.1) is 0 Å². The molecule has 1 amide bonds. The average molecular weight is 189 g/mol. The molecular formula is C10H11N3O. The van der Waals surface area contributed by atoms with Crippen LogP contribution in [0.2, 0.25) is 0 Å². The largest absolute Gasteiger partial charge is 0.368 e. The summed E-state index contributed by atoms with van der Waals surface area (Å²) in [6.45, 7) is 0. The number of nitriles is 2. The molecule has 1 spiro atoms. The summed E-state index contributed by atoms with van der Waals surface area (Å²) >= 11 is 0. The molecule has 2 fully saturated rings. The van der Waals surface area contributed by atoms with Crippen LogP contribution in [0.3, 0.4) is 0 Å². The Morgan fingerprint density at radius 2 is 1.93 bits per heavy atom. The molecule has 72 valence electrons. The van der Waals surface area contributed by atoms with Crippen molar-refractivity contribution in [3.05, 3.63) is 0 Å². The smallest absolute Gasteiger partial charge is 0.239 e. The van der Waals surface area contributed by atoms with Crippen molar-refractivity contribution in [3.8, 4) is 12.1 Å². The van der Waals surface area contributed by atoms with Gasteiger partial charge in [-0.25, -0.2) is 0 Å². The normalized spacial score (nSPS) is 37.4. The fourth-order valence-electron chi connectivity index (χ4n) is 3.12. The maximum Gasteiger partial charge on any atom is 0.239 e. The summed E-state index contributed by atoms with van der Waals surface area (Å²) in [5.74, 6) is -1.09. The van der Waals surface area contributed by atoms with Gasteiger partial charge in [-0.05, 0) is 12.8 Å². The van der Waals surface area contributed by atoms with Gasteiger partial charge in [0.1, 0.15) is 0 Å². The van der Waals surface area contributed by atoms with Crippen molar-refractivity contribution in [1.29, 1.82) is 10.5 Å². The molecule has 2 N–H and O–H groups in total. The Hall–Kier alpha value is -1.55. The standard InChI is InChI=1S/C10H11N3O/c11-5-7-9(3-1-2-4-9)10(7,6-12)8(13)14/h7H,1-4H2,(H2,13,14)/t7-,10-/m1/s1. The quantitative estimate of drug-likeness (QED) is 0.658. The second kappa shape index (κ2) is 2.48. The van der Waals surface area contributed by atoms with Gasteiger partial charge in [0, 0.05) is 5.41 Å². The summed E-state index contributed by atoms with van der Waals surface area (Å²) in [4.78, 5) is 11.3. The number of hydrogen-bond donors (Lipinski definition) is 1. The molecule has 0 bridgehead atoms. The SMILES string of the molecule is N#C[C@@H]1C2(CCCC2)[C@@]1(C#N)C(N)=O. The van der Waals surface area contributed by atoms with E-state index in [9.17, 15) is 4.79 Å². The molecule has 2 rings (SSSR count). The highest BCUT2D eigenvalue weighted by Gasteiger charge is 2.81. The molecule has 2 atom stereocenters. The summed E-state index contributed by atoms with van der Waals surface area (Å²) in [5, 5.41) is 18.0. The van der Waals surface area contributed by atoms with Crippen molar-refractivity contribution in [1.82, 2.24) is 0 Å². The third-order valence-electron chi connectivity index (χ3n) is 3.88. The van der Waals surface area contributed by atoms with Crippen LogP contribution in [0.25, 0.3) is 0 Å². The van der Waals surface area contributed by atoms with Crippen LogP contribution >= 0.6 is 0 Å². The van der Waals surface area contributed by atoms with E-state index >= 15 is 0 Å². The van der Waals surface area contributed by atoms with Crippen LogP contribution in [-0.2, 0) is 4.79 Å². The molecule has 4 heteroatoms. The second-order valence-corrected chi connectivity index (χ2v) is 4.21. The number of nitrogens with zero attached hydrogens (tertiary/aromatic N) is 2. The molecule has 0 unspecified atom stereocenters. The second-order valence-electron chi connectivity index (χ2n) is 4.21. The number of amides is 1. The molecule has 4 nitrogen and oxygen atoms in total. The van der Waals surface area contributed by atoms with E-state index in [1.165, 1.54) is 0 Å². The van der Waals surface area contributed by atoms with Gasteiger partial charge in [0.25, 0.3) is 0 Å². The Labute approximate surface area is 82.3 Å². The summed E-state index contributed by atoms with van der Waals surface area (Å²) in [6, 6.07) is 4.06. The summed E-state index contributed by atoms with van der Waals surface area (Å²) < 4.78 is 0. The fraction of sp³-hybridized carbons (Fsp3) is 0.700. The number of hydrogen-bond acceptors (Lipinski definition) is 3. The van der Waals surface area contributed by atoms with Gasteiger partial charge in [0.15, 0.2) is 5.41 Å². The van der Waals surface area contributed by atoms with Crippen LogP contribution in [0, 0.1) is 39.4 Å². The molecule has 0 aromatic rings. The van der Waals surface area contributed by atoms with Crippen LogP contribution < -0.4 is 5.73 Å². The Bertz CT molecular complexity index is 370. The molecule has 2 saturated carbocycles. The zero-order valence-electron chi connectivity index (χ0n) is 7.79.